The number of piperidine rings is 1. The highest BCUT2D eigenvalue weighted by atomic mass is 127. The van der Waals surface area contributed by atoms with Crippen molar-refractivity contribution in [3.8, 4) is 0 Å². The van der Waals surface area contributed by atoms with Crippen LogP contribution in [0.4, 0.5) is 0 Å². The van der Waals surface area contributed by atoms with Crippen molar-refractivity contribution in [2.24, 2.45) is 16.8 Å². The van der Waals surface area contributed by atoms with E-state index >= 15 is 0 Å². The van der Waals surface area contributed by atoms with E-state index < -0.39 is 0 Å². The van der Waals surface area contributed by atoms with Crippen LogP contribution in [0.1, 0.15) is 44.6 Å². The number of aliphatic imine (C=N–C) groups is 1. The Hall–Kier alpha value is -0.820. The van der Waals surface area contributed by atoms with E-state index in [1.54, 1.807) is 0 Å². The van der Waals surface area contributed by atoms with E-state index in [0.717, 1.165) is 31.5 Å². The summed E-state index contributed by atoms with van der Waals surface area (Å²) in [5, 5.41) is 3.67. The minimum Gasteiger partial charge on any atom is -0.356 e. The Balaban J connectivity index is 0.00000261. The summed E-state index contributed by atoms with van der Waals surface area (Å²) >= 11 is 0. The fraction of sp³-hybridized carbons (Fsp3) is 0.682. The van der Waals surface area contributed by atoms with Crippen LogP contribution in [0.5, 0.6) is 0 Å². The van der Waals surface area contributed by atoms with Gasteiger partial charge in [0.1, 0.15) is 0 Å². The van der Waals surface area contributed by atoms with Gasteiger partial charge in [-0.15, -0.1) is 24.0 Å². The average molecular weight is 484 g/mol. The summed E-state index contributed by atoms with van der Waals surface area (Å²) in [4.78, 5) is 9.64. The molecule has 1 N–H and O–H groups in total. The molecule has 152 valence electrons. The van der Waals surface area contributed by atoms with Gasteiger partial charge in [0.25, 0.3) is 0 Å². The summed E-state index contributed by atoms with van der Waals surface area (Å²) in [6.07, 6.45) is 3.78. The zero-order valence-corrected chi connectivity index (χ0v) is 19.6. The topological polar surface area (TPSA) is 30.9 Å². The second-order valence-electron chi connectivity index (χ2n) is 8.11. The second-order valence-corrected chi connectivity index (χ2v) is 8.11. The fourth-order valence-corrected chi connectivity index (χ4v) is 4.70. The first kappa shape index (κ1) is 22.5. The average Bonchev–Trinajstić information content (AvgIpc) is 3.11. The first-order chi connectivity index (χ1) is 12.7. The number of rotatable bonds is 5. The lowest BCUT2D eigenvalue weighted by Gasteiger charge is -2.39. The smallest absolute Gasteiger partial charge is 0.193 e. The Morgan fingerprint density at radius 1 is 1.15 bits per heavy atom. The molecule has 2 heterocycles. The van der Waals surface area contributed by atoms with E-state index in [2.05, 4.69) is 64.3 Å². The molecule has 27 heavy (non-hydrogen) atoms. The van der Waals surface area contributed by atoms with Crippen molar-refractivity contribution in [1.29, 1.82) is 0 Å². The highest BCUT2D eigenvalue weighted by molar-refractivity contribution is 14.0. The molecule has 0 bridgehead atoms. The predicted octanol–water partition coefficient (Wildman–Crippen LogP) is 4.04. The molecule has 2 aliphatic heterocycles. The van der Waals surface area contributed by atoms with Crippen molar-refractivity contribution < 1.29 is 0 Å². The zero-order chi connectivity index (χ0) is 18.4. The van der Waals surface area contributed by atoms with Crippen LogP contribution in [0.15, 0.2) is 35.3 Å². The van der Waals surface area contributed by atoms with Crippen molar-refractivity contribution >= 4 is 29.9 Å². The molecule has 3 atom stereocenters. The van der Waals surface area contributed by atoms with Gasteiger partial charge in [-0.3, -0.25) is 4.99 Å². The predicted molar refractivity (Wildman–Crippen MR) is 126 cm³/mol. The van der Waals surface area contributed by atoms with Gasteiger partial charge in [-0.1, -0.05) is 44.2 Å². The summed E-state index contributed by atoms with van der Waals surface area (Å²) in [7, 11) is 1.92. The van der Waals surface area contributed by atoms with Crippen LogP contribution in [-0.4, -0.2) is 62.1 Å². The molecule has 1 aromatic carbocycles. The van der Waals surface area contributed by atoms with Gasteiger partial charge in [0.05, 0.1) is 0 Å². The normalized spacial score (nSPS) is 26.7. The summed E-state index contributed by atoms with van der Waals surface area (Å²) in [5.74, 6) is 3.18. The summed E-state index contributed by atoms with van der Waals surface area (Å²) in [5.41, 5.74) is 1.49. The highest BCUT2D eigenvalue weighted by Crippen LogP contribution is 2.32. The third-order valence-corrected chi connectivity index (χ3v) is 6.10. The van der Waals surface area contributed by atoms with E-state index in [0.29, 0.717) is 11.8 Å². The van der Waals surface area contributed by atoms with Gasteiger partial charge in [0, 0.05) is 33.2 Å². The van der Waals surface area contributed by atoms with Gasteiger partial charge in [-0.05, 0) is 55.7 Å². The first-order valence-electron chi connectivity index (χ1n) is 10.4. The molecule has 4 nitrogen and oxygen atoms in total. The Bertz CT molecular complexity index is 577. The standard InChI is InChI=1S/C22H36N4.HI/c1-4-12-25-13-10-19(17-25)15-24-22(23-3)26-14-11-21(18(2)16-26)20-8-6-5-7-9-20;/h5-9,18-19,21H,4,10-17H2,1-3H3,(H,23,24);1H. The van der Waals surface area contributed by atoms with Crippen LogP contribution < -0.4 is 5.32 Å². The van der Waals surface area contributed by atoms with Crippen LogP contribution in [0, 0.1) is 11.8 Å². The second kappa shape index (κ2) is 11.2. The summed E-state index contributed by atoms with van der Waals surface area (Å²) in [6.45, 7) is 11.6. The monoisotopic (exact) mass is 484 g/mol. The number of guanidine groups is 1. The Labute approximate surface area is 182 Å². The lowest BCUT2D eigenvalue weighted by molar-refractivity contribution is 0.233. The van der Waals surface area contributed by atoms with Crippen LogP contribution in [-0.2, 0) is 0 Å². The molecule has 2 fully saturated rings. The van der Waals surface area contributed by atoms with E-state index in [1.807, 2.05) is 7.05 Å². The van der Waals surface area contributed by atoms with E-state index in [4.69, 9.17) is 0 Å². The lowest BCUT2D eigenvalue weighted by Crippen LogP contribution is -2.49. The summed E-state index contributed by atoms with van der Waals surface area (Å²) in [6, 6.07) is 11.0. The van der Waals surface area contributed by atoms with Gasteiger partial charge in [0.15, 0.2) is 5.96 Å². The number of nitrogens with one attached hydrogen (secondary N) is 1. The third-order valence-electron chi connectivity index (χ3n) is 6.10. The summed E-state index contributed by atoms with van der Waals surface area (Å²) < 4.78 is 0. The Morgan fingerprint density at radius 3 is 2.59 bits per heavy atom. The molecule has 0 radical (unpaired) electrons. The van der Waals surface area contributed by atoms with Gasteiger partial charge >= 0.3 is 0 Å². The molecule has 2 saturated heterocycles. The molecule has 0 spiro atoms. The van der Waals surface area contributed by atoms with Crippen LogP contribution >= 0.6 is 24.0 Å². The molecule has 5 heteroatoms. The number of benzene rings is 1. The van der Waals surface area contributed by atoms with Gasteiger partial charge < -0.3 is 15.1 Å². The van der Waals surface area contributed by atoms with Crippen LogP contribution in [0.25, 0.3) is 0 Å². The van der Waals surface area contributed by atoms with E-state index in [-0.39, 0.29) is 24.0 Å². The van der Waals surface area contributed by atoms with Crippen molar-refractivity contribution in [2.75, 3.05) is 46.3 Å². The maximum Gasteiger partial charge on any atom is 0.193 e. The van der Waals surface area contributed by atoms with Gasteiger partial charge in [0.2, 0.25) is 0 Å². The van der Waals surface area contributed by atoms with E-state index in [1.165, 1.54) is 44.5 Å². The first-order valence-corrected chi connectivity index (χ1v) is 10.4. The van der Waals surface area contributed by atoms with Crippen LogP contribution in [0.2, 0.25) is 0 Å². The molecule has 0 aromatic heterocycles. The Kier molecular flexibility index (Phi) is 9.36. The number of likely N-dealkylation sites (tertiary alicyclic amines) is 2. The highest BCUT2D eigenvalue weighted by Gasteiger charge is 2.29. The van der Waals surface area contributed by atoms with Crippen molar-refractivity contribution in [3.63, 3.8) is 0 Å². The number of nitrogens with zero attached hydrogens (tertiary/aromatic N) is 3. The number of hydrogen-bond acceptors (Lipinski definition) is 2. The lowest BCUT2D eigenvalue weighted by atomic mass is 9.82. The van der Waals surface area contributed by atoms with Crippen molar-refractivity contribution in [1.82, 2.24) is 15.1 Å². The molecule has 0 saturated carbocycles. The largest absolute Gasteiger partial charge is 0.356 e. The van der Waals surface area contributed by atoms with Crippen molar-refractivity contribution in [2.45, 2.75) is 39.0 Å². The maximum absolute atomic E-state index is 4.58. The minimum absolute atomic E-state index is 0. The van der Waals surface area contributed by atoms with Gasteiger partial charge in [-0.2, -0.15) is 0 Å². The molecular weight excluding hydrogens is 447 g/mol. The Morgan fingerprint density at radius 2 is 1.93 bits per heavy atom. The number of halogens is 1. The molecule has 2 aliphatic rings. The fourth-order valence-electron chi connectivity index (χ4n) is 4.70. The maximum atomic E-state index is 4.58. The minimum atomic E-state index is 0. The zero-order valence-electron chi connectivity index (χ0n) is 17.2. The SMILES string of the molecule is CCCN1CCC(CNC(=NC)N2CCC(c3ccccc3)C(C)C2)C1.I. The van der Waals surface area contributed by atoms with Crippen molar-refractivity contribution in [3.05, 3.63) is 35.9 Å². The quantitative estimate of drug-likeness (QED) is 0.389. The molecule has 3 rings (SSSR count). The van der Waals surface area contributed by atoms with Gasteiger partial charge in [-0.25, -0.2) is 0 Å². The molecule has 1 aromatic rings. The molecule has 3 unspecified atom stereocenters. The molecule has 0 amide bonds. The molecular formula is C22H37IN4. The third kappa shape index (κ3) is 6.08. The molecule has 0 aliphatic carbocycles. The van der Waals surface area contributed by atoms with Crippen LogP contribution in [0.3, 0.4) is 0 Å². The number of hydrogen-bond donors (Lipinski definition) is 1. The van der Waals surface area contributed by atoms with E-state index in [9.17, 15) is 0 Å².